The third kappa shape index (κ3) is 4.93. The number of aryl methyl sites for hydroxylation is 1. The molecule has 0 aromatic heterocycles. The number of amides is 1. The monoisotopic (exact) mass is 442 g/mol. The second-order valence-corrected chi connectivity index (χ2v) is 9.39. The number of halogens is 1. The van der Waals surface area contributed by atoms with Gasteiger partial charge in [-0.05, 0) is 87.3 Å². The molecule has 1 unspecified atom stereocenters. The van der Waals surface area contributed by atoms with Crippen LogP contribution in [0, 0.1) is 18.7 Å². The molecule has 2 saturated heterocycles. The molecular weight excluding hydrogens is 415 g/mol. The van der Waals surface area contributed by atoms with Crippen molar-refractivity contribution in [1.82, 2.24) is 4.90 Å². The first-order chi connectivity index (χ1) is 14.9. The number of anilines is 1. The van der Waals surface area contributed by atoms with E-state index in [0.717, 1.165) is 42.7 Å². The summed E-state index contributed by atoms with van der Waals surface area (Å²) in [5, 5.41) is -0.214. The summed E-state index contributed by atoms with van der Waals surface area (Å²) in [7, 11) is 2.11. The number of nitrogens with zero attached hydrogens (tertiary/aromatic N) is 2. The normalized spacial score (nSPS) is 20.3. The summed E-state index contributed by atoms with van der Waals surface area (Å²) in [4.78, 5) is 29.2. The van der Waals surface area contributed by atoms with Gasteiger partial charge in [0.2, 0.25) is 5.91 Å². The summed E-state index contributed by atoms with van der Waals surface area (Å²) in [6, 6.07) is 11.6. The third-order valence-corrected chi connectivity index (χ3v) is 7.22. The maximum atomic E-state index is 13.3. The van der Waals surface area contributed by atoms with Gasteiger partial charge in [-0.1, -0.05) is 12.1 Å². The molecule has 2 aliphatic heterocycles. The molecule has 1 atom stereocenters. The van der Waals surface area contributed by atoms with E-state index in [1.807, 2.05) is 13.0 Å². The highest BCUT2D eigenvalue weighted by Gasteiger charge is 2.35. The molecule has 4 rings (SSSR count). The van der Waals surface area contributed by atoms with Gasteiger partial charge in [0.05, 0.1) is 17.9 Å². The molecule has 31 heavy (non-hydrogen) atoms. The molecule has 0 aliphatic carbocycles. The molecule has 5 nitrogen and oxygen atoms in total. The van der Waals surface area contributed by atoms with Gasteiger partial charge >= 0.3 is 5.97 Å². The first-order valence-electron chi connectivity index (χ1n) is 10.6. The van der Waals surface area contributed by atoms with Gasteiger partial charge in [0, 0.05) is 5.69 Å². The molecule has 2 fully saturated rings. The number of ether oxygens (including phenoxy) is 1. The van der Waals surface area contributed by atoms with E-state index in [1.165, 1.54) is 23.9 Å². The largest absolute Gasteiger partial charge is 0.462 e. The van der Waals surface area contributed by atoms with Crippen molar-refractivity contribution in [1.29, 1.82) is 0 Å². The first kappa shape index (κ1) is 21.8. The fourth-order valence-electron chi connectivity index (χ4n) is 4.12. The lowest BCUT2D eigenvalue weighted by atomic mass is 9.98. The summed E-state index contributed by atoms with van der Waals surface area (Å²) >= 11 is 1.51. The number of carbonyl (C=O) groups excluding carboxylic acids is 2. The van der Waals surface area contributed by atoms with Crippen LogP contribution in [0.15, 0.2) is 42.5 Å². The van der Waals surface area contributed by atoms with Crippen molar-refractivity contribution < 1.29 is 18.7 Å². The molecule has 1 amide bonds. The second kappa shape index (κ2) is 9.40. The molecule has 0 radical (unpaired) electrons. The molecular formula is C24H27FN2O3S. The molecule has 2 aromatic rings. The molecule has 2 aliphatic rings. The fraction of sp³-hybridized carbons (Fsp3) is 0.417. The third-order valence-electron chi connectivity index (χ3n) is 6.00. The lowest BCUT2D eigenvalue weighted by Crippen LogP contribution is -2.32. The average Bonchev–Trinajstić information content (AvgIpc) is 3.14. The molecule has 0 N–H and O–H groups in total. The van der Waals surface area contributed by atoms with E-state index >= 15 is 0 Å². The van der Waals surface area contributed by atoms with Crippen molar-refractivity contribution in [2.75, 3.05) is 37.4 Å². The number of benzene rings is 2. The van der Waals surface area contributed by atoms with Gasteiger partial charge < -0.3 is 9.64 Å². The Kier molecular flexibility index (Phi) is 6.62. The van der Waals surface area contributed by atoms with E-state index in [1.54, 1.807) is 29.2 Å². The quantitative estimate of drug-likeness (QED) is 0.642. The number of carbonyl (C=O) groups is 2. The van der Waals surface area contributed by atoms with E-state index in [4.69, 9.17) is 4.74 Å². The van der Waals surface area contributed by atoms with Crippen molar-refractivity contribution in [3.05, 3.63) is 65.0 Å². The van der Waals surface area contributed by atoms with Gasteiger partial charge in [0.15, 0.2) is 0 Å². The van der Waals surface area contributed by atoms with Crippen LogP contribution in [0.4, 0.5) is 10.1 Å². The molecule has 0 bridgehead atoms. The zero-order chi connectivity index (χ0) is 22.0. The smallest absolute Gasteiger partial charge is 0.338 e. The van der Waals surface area contributed by atoms with Crippen molar-refractivity contribution in [3.8, 4) is 0 Å². The van der Waals surface area contributed by atoms with Crippen molar-refractivity contribution in [2.45, 2.75) is 25.1 Å². The van der Waals surface area contributed by atoms with E-state index in [-0.39, 0.29) is 23.1 Å². The Morgan fingerprint density at radius 2 is 1.87 bits per heavy atom. The Hall–Kier alpha value is -2.38. The standard InChI is InChI=1S/C24H27FN2O3S/c1-16-13-19(24(29)30-14-17-9-11-26(2)12-10-17)5-8-21(16)27-22(28)15-31-23(27)18-3-6-20(25)7-4-18/h3-8,13,17,23H,9-12,14-15H2,1-2H3. The molecule has 2 aromatic carbocycles. The first-order valence-corrected chi connectivity index (χ1v) is 11.6. The zero-order valence-corrected chi connectivity index (χ0v) is 18.7. The van der Waals surface area contributed by atoms with Gasteiger partial charge in [-0.2, -0.15) is 0 Å². The lowest BCUT2D eigenvalue weighted by molar-refractivity contribution is -0.115. The summed E-state index contributed by atoms with van der Waals surface area (Å²) < 4.78 is 18.9. The van der Waals surface area contributed by atoms with Crippen LogP contribution >= 0.6 is 11.8 Å². The minimum Gasteiger partial charge on any atom is -0.462 e. The topological polar surface area (TPSA) is 49.9 Å². The number of hydrogen-bond donors (Lipinski definition) is 0. The van der Waals surface area contributed by atoms with Gasteiger partial charge in [-0.15, -0.1) is 11.8 Å². The summed E-state index contributed by atoms with van der Waals surface area (Å²) in [5.74, 6) is 0.146. The Balaban J connectivity index is 1.46. The summed E-state index contributed by atoms with van der Waals surface area (Å²) in [6.45, 7) is 4.41. The van der Waals surface area contributed by atoms with Crippen LogP contribution in [0.1, 0.15) is 39.7 Å². The Bertz CT molecular complexity index is 958. The van der Waals surface area contributed by atoms with E-state index in [0.29, 0.717) is 23.8 Å². The predicted octanol–water partition coefficient (Wildman–Crippen LogP) is 4.41. The van der Waals surface area contributed by atoms with Crippen molar-refractivity contribution in [3.63, 3.8) is 0 Å². The average molecular weight is 443 g/mol. The number of piperidine rings is 1. The highest BCUT2D eigenvalue weighted by Crippen LogP contribution is 2.42. The molecule has 0 saturated carbocycles. The van der Waals surface area contributed by atoms with Gasteiger partial charge in [-0.25, -0.2) is 9.18 Å². The molecule has 164 valence electrons. The van der Waals surface area contributed by atoms with Crippen LogP contribution in [0.25, 0.3) is 0 Å². The highest BCUT2D eigenvalue weighted by atomic mass is 32.2. The molecule has 0 spiro atoms. The van der Waals surface area contributed by atoms with Crippen LogP contribution in [0.2, 0.25) is 0 Å². The van der Waals surface area contributed by atoms with E-state index in [9.17, 15) is 14.0 Å². The van der Waals surface area contributed by atoms with Crippen LogP contribution in [0.3, 0.4) is 0 Å². The number of esters is 1. The summed E-state index contributed by atoms with van der Waals surface area (Å²) in [6.07, 6.45) is 2.09. The molecule has 2 heterocycles. The predicted molar refractivity (Wildman–Crippen MR) is 121 cm³/mol. The Morgan fingerprint density at radius 3 is 2.55 bits per heavy atom. The highest BCUT2D eigenvalue weighted by molar-refractivity contribution is 8.00. The maximum Gasteiger partial charge on any atom is 0.338 e. The van der Waals surface area contributed by atoms with Crippen LogP contribution in [0.5, 0.6) is 0 Å². The maximum absolute atomic E-state index is 13.3. The Labute approximate surface area is 186 Å². The van der Waals surface area contributed by atoms with E-state index < -0.39 is 0 Å². The van der Waals surface area contributed by atoms with Gasteiger partial charge in [0.25, 0.3) is 0 Å². The van der Waals surface area contributed by atoms with E-state index in [2.05, 4.69) is 11.9 Å². The second-order valence-electron chi connectivity index (χ2n) is 8.33. The fourth-order valence-corrected chi connectivity index (χ4v) is 5.29. The van der Waals surface area contributed by atoms with Crippen molar-refractivity contribution in [2.24, 2.45) is 5.92 Å². The number of thioether (sulfide) groups is 1. The zero-order valence-electron chi connectivity index (χ0n) is 17.8. The number of likely N-dealkylation sites (tertiary alicyclic amines) is 1. The number of rotatable bonds is 5. The summed E-state index contributed by atoms with van der Waals surface area (Å²) in [5.41, 5.74) is 2.96. The van der Waals surface area contributed by atoms with Gasteiger partial charge in [0.1, 0.15) is 11.2 Å². The van der Waals surface area contributed by atoms with Crippen LogP contribution in [-0.2, 0) is 9.53 Å². The van der Waals surface area contributed by atoms with Crippen LogP contribution in [-0.4, -0.2) is 49.3 Å². The van der Waals surface area contributed by atoms with Crippen molar-refractivity contribution >= 4 is 29.3 Å². The van der Waals surface area contributed by atoms with Gasteiger partial charge in [-0.3, -0.25) is 9.69 Å². The Morgan fingerprint density at radius 1 is 1.16 bits per heavy atom. The lowest BCUT2D eigenvalue weighted by Gasteiger charge is -2.28. The molecule has 7 heteroatoms. The minimum absolute atomic E-state index is 0.0000167. The van der Waals surface area contributed by atoms with Crippen LogP contribution < -0.4 is 4.90 Å². The minimum atomic E-state index is -0.328. The number of hydrogen-bond acceptors (Lipinski definition) is 5. The SMILES string of the molecule is Cc1cc(C(=O)OCC2CCN(C)CC2)ccc1N1C(=O)CSC1c1ccc(F)cc1.